The van der Waals surface area contributed by atoms with Crippen molar-refractivity contribution in [3.8, 4) is 6.07 Å². The van der Waals surface area contributed by atoms with Crippen LogP contribution in [-0.2, 0) is 13.0 Å². The molecular weight excluding hydrogens is 253 g/mol. The summed E-state index contributed by atoms with van der Waals surface area (Å²) in [5.74, 6) is -0.486. The molecule has 0 spiro atoms. The molecule has 0 unspecified atom stereocenters. The monoisotopic (exact) mass is 267 g/mol. The van der Waals surface area contributed by atoms with E-state index in [9.17, 15) is 4.39 Å². The van der Waals surface area contributed by atoms with Gasteiger partial charge in [0.1, 0.15) is 11.9 Å². The molecule has 0 atom stereocenters. The Morgan fingerprint density at radius 3 is 3.05 bits per heavy atom. The first kappa shape index (κ1) is 12.5. The molecule has 1 aliphatic heterocycles. The summed E-state index contributed by atoms with van der Waals surface area (Å²) >= 11 is 0. The van der Waals surface area contributed by atoms with Gasteiger partial charge in [0.25, 0.3) is 0 Å². The van der Waals surface area contributed by atoms with Crippen LogP contribution in [-0.4, -0.2) is 6.54 Å². The van der Waals surface area contributed by atoms with Gasteiger partial charge in [0, 0.05) is 24.5 Å². The second-order valence-corrected chi connectivity index (χ2v) is 4.79. The predicted octanol–water partition coefficient (Wildman–Crippen LogP) is 3.28. The topological polar surface area (TPSA) is 47.9 Å². The summed E-state index contributed by atoms with van der Waals surface area (Å²) < 4.78 is 13.3. The summed E-state index contributed by atoms with van der Waals surface area (Å²) in [7, 11) is 0. The third kappa shape index (κ3) is 2.30. The first-order chi connectivity index (χ1) is 9.78. The maximum Gasteiger partial charge on any atom is 0.141 e. The molecule has 0 radical (unpaired) electrons. The summed E-state index contributed by atoms with van der Waals surface area (Å²) in [5, 5.41) is 15.4. The molecule has 0 aromatic heterocycles. The Bertz CT molecular complexity index is 689. The van der Waals surface area contributed by atoms with Crippen molar-refractivity contribution in [2.75, 3.05) is 17.2 Å². The van der Waals surface area contributed by atoms with Crippen molar-refractivity contribution in [3.05, 3.63) is 58.9 Å². The number of para-hydroxylation sites is 1. The molecule has 2 aromatic carbocycles. The number of nitrogens with one attached hydrogen (secondary N) is 2. The molecule has 0 aliphatic carbocycles. The minimum atomic E-state index is -0.486. The molecule has 0 saturated heterocycles. The van der Waals surface area contributed by atoms with Gasteiger partial charge < -0.3 is 10.6 Å². The lowest BCUT2D eigenvalue weighted by Gasteiger charge is -2.11. The van der Waals surface area contributed by atoms with E-state index in [4.69, 9.17) is 5.26 Å². The molecule has 100 valence electrons. The highest BCUT2D eigenvalue weighted by atomic mass is 19.1. The third-order valence-corrected chi connectivity index (χ3v) is 3.50. The lowest BCUT2D eigenvalue weighted by atomic mass is 10.1. The van der Waals surface area contributed by atoms with Gasteiger partial charge in [-0.05, 0) is 35.7 Å². The Labute approximate surface area is 117 Å². The van der Waals surface area contributed by atoms with Crippen molar-refractivity contribution < 1.29 is 4.39 Å². The van der Waals surface area contributed by atoms with Crippen molar-refractivity contribution in [2.45, 2.75) is 13.0 Å². The molecule has 0 bridgehead atoms. The number of hydrogen-bond donors (Lipinski definition) is 2. The fourth-order valence-corrected chi connectivity index (χ4v) is 2.48. The highest BCUT2D eigenvalue weighted by Crippen LogP contribution is 2.27. The number of hydrogen-bond acceptors (Lipinski definition) is 3. The number of fused-ring (bicyclic) bond motifs is 1. The fourth-order valence-electron chi connectivity index (χ4n) is 2.48. The molecule has 0 fully saturated rings. The zero-order valence-electron chi connectivity index (χ0n) is 10.9. The zero-order chi connectivity index (χ0) is 13.9. The van der Waals surface area contributed by atoms with Crippen LogP contribution in [0.3, 0.4) is 0 Å². The Hall–Kier alpha value is -2.54. The van der Waals surface area contributed by atoms with E-state index in [0.717, 1.165) is 18.7 Å². The SMILES string of the molecule is N#Cc1cc(NCc2cccc3c2NCC3)ccc1F. The van der Waals surface area contributed by atoms with E-state index in [-0.39, 0.29) is 5.56 Å². The lowest BCUT2D eigenvalue weighted by molar-refractivity contribution is 0.624. The van der Waals surface area contributed by atoms with E-state index in [0.29, 0.717) is 6.54 Å². The molecule has 4 heteroatoms. The van der Waals surface area contributed by atoms with E-state index < -0.39 is 5.82 Å². The number of halogens is 1. The Morgan fingerprint density at radius 2 is 2.20 bits per heavy atom. The van der Waals surface area contributed by atoms with Crippen LogP contribution < -0.4 is 10.6 Å². The van der Waals surface area contributed by atoms with Crippen LogP contribution in [0.15, 0.2) is 36.4 Å². The zero-order valence-corrected chi connectivity index (χ0v) is 10.9. The highest BCUT2D eigenvalue weighted by molar-refractivity contribution is 5.62. The molecule has 3 rings (SSSR count). The van der Waals surface area contributed by atoms with Crippen LogP contribution in [0.5, 0.6) is 0 Å². The standard InChI is InChI=1S/C16H14FN3/c17-15-5-4-14(8-13(15)9-18)20-10-12-3-1-2-11-6-7-19-16(11)12/h1-5,8,19-20H,6-7,10H2. The quantitative estimate of drug-likeness (QED) is 0.897. The van der Waals surface area contributed by atoms with Gasteiger partial charge >= 0.3 is 0 Å². The number of benzene rings is 2. The number of nitrogens with zero attached hydrogens (tertiary/aromatic N) is 1. The summed E-state index contributed by atoms with van der Waals surface area (Å²) in [6, 6.07) is 12.6. The summed E-state index contributed by atoms with van der Waals surface area (Å²) in [6.07, 6.45) is 1.05. The molecule has 20 heavy (non-hydrogen) atoms. The average Bonchev–Trinajstić information content (AvgIpc) is 2.95. The van der Waals surface area contributed by atoms with Gasteiger partial charge in [0.2, 0.25) is 0 Å². The summed E-state index contributed by atoms with van der Waals surface area (Å²) in [4.78, 5) is 0. The van der Waals surface area contributed by atoms with Crippen LogP contribution in [0.2, 0.25) is 0 Å². The van der Waals surface area contributed by atoms with Gasteiger partial charge in [-0.3, -0.25) is 0 Å². The maximum absolute atomic E-state index is 13.3. The number of nitriles is 1. The number of anilines is 2. The molecular formula is C16H14FN3. The smallest absolute Gasteiger partial charge is 0.141 e. The first-order valence-electron chi connectivity index (χ1n) is 6.56. The summed E-state index contributed by atoms with van der Waals surface area (Å²) in [6.45, 7) is 1.62. The number of rotatable bonds is 3. The second kappa shape index (κ2) is 5.22. The van der Waals surface area contributed by atoms with Crippen molar-refractivity contribution in [1.82, 2.24) is 0 Å². The van der Waals surface area contributed by atoms with Crippen molar-refractivity contribution in [2.24, 2.45) is 0 Å². The van der Waals surface area contributed by atoms with Crippen LogP contribution in [0.4, 0.5) is 15.8 Å². The molecule has 1 aliphatic rings. The highest BCUT2D eigenvalue weighted by Gasteiger charge is 2.13. The minimum Gasteiger partial charge on any atom is -0.384 e. The largest absolute Gasteiger partial charge is 0.384 e. The Kier molecular flexibility index (Phi) is 3.26. The molecule has 3 nitrogen and oxygen atoms in total. The van der Waals surface area contributed by atoms with Crippen molar-refractivity contribution in [3.63, 3.8) is 0 Å². The molecule has 2 aromatic rings. The van der Waals surface area contributed by atoms with Crippen LogP contribution in [0.1, 0.15) is 16.7 Å². The van der Waals surface area contributed by atoms with Crippen molar-refractivity contribution in [1.29, 1.82) is 5.26 Å². The van der Waals surface area contributed by atoms with Gasteiger partial charge in [-0.2, -0.15) is 5.26 Å². The average molecular weight is 267 g/mol. The normalized spacial score (nSPS) is 12.4. The van der Waals surface area contributed by atoms with Crippen LogP contribution >= 0.6 is 0 Å². The van der Waals surface area contributed by atoms with Crippen molar-refractivity contribution >= 4 is 11.4 Å². The van der Waals surface area contributed by atoms with Gasteiger partial charge in [0.05, 0.1) is 5.56 Å². The summed E-state index contributed by atoms with van der Waals surface area (Å²) in [5.41, 5.74) is 4.52. The fraction of sp³-hybridized carbons (Fsp3) is 0.188. The predicted molar refractivity (Wildman–Crippen MR) is 77.1 cm³/mol. The molecule has 0 saturated carbocycles. The molecule has 1 heterocycles. The molecule has 0 amide bonds. The van der Waals surface area contributed by atoms with Gasteiger partial charge in [-0.25, -0.2) is 4.39 Å². The second-order valence-electron chi connectivity index (χ2n) is 4.79. The Morgan fingerprint density at radius 1 is 1.30 bits per heavy atom. The van der Waals surface area contributed by atoms with Gasteiger partial charge in [-0.1, -0.05) is 18.2 Å². The first-order valence-corrected chi connectivity index (χ1v) is 6.56. The van der Waals surface area contributed by atoms with E-state index in [1.165, 1.54) is 28.9 Å². The lowest BCUT2D eigenvalue weighted by Crippen LogP contribution is -2.03. The van der Waals surface area contributed by atoms with E-state index in [2.05, 4.69) is 22.8 Å². The van der Waals surface area contributed by atoms with Gasteiger partial charge in [-0.15, -0.1) is 0 Å². The van der Waals surface area contributed by atoms with E-state index in [1.54, 1.807) is 6.07 Å². The van der Waals surface area contributed by atoms with Gasteiger partial charge in [0.15, 0.2) is 0 Å². The minimum absolute atomic E-state index is 0.0615. The van der Waals surface area contributed by atoms with Crippen LogP contribution in [0, 0.1) is 17.1 Å². The maximum atomic E-state index is 13.3. The van der Waals surface area contributed by atoms with E-state index in [1.807, 2.05) is 12.1 Å². The Balaban J connectivity index is 1.78. The van der Waals surface area contributed by atoms with E-state index >= 15 is 0 Å². The molecule has 2 N–H and O–H groups in total. The van der Waals surface area contributed by atoms with Crippen LogP contribution in [0.25, 0.3) is 0 Å². The third-order valence-electron chi connectivity index (χ3n) is 3.50.